The number of unbranched alkanes of at least 4 members (excludes halogenated alkanes) is 14. The van der Waals surface area contributed by atoms with Crippen LogP contribution in [0.15, 0.2) is 72.9 Å². The Morgan fingerprint density at radius 3 is 1.42 bits per heavy atom. The maximum absolute atomic E-state index is 12.6. The van der Waals surface area contributed by atoms with Gasteiger partial charge in [-0.2, -0.15) is 0 Å². The molecule has 3 N–H and O–H groups in total. The van der Waals surface area contributed by atoms with E-state index in [0.29, 0.717) is 19.3 Å². The first-order valence-electron chi connectivity index (χ1n) is 21.9. The Hall–Kier alpha value is -2.08. The molecule has 11 nitrogen and oxygen atoms in total. The first kappa shape index (κ1) is 59.0. The van der Waals surface area contributed by atoms with Gasteiger partial charge in [0, 0.05) is 12.8 Å². The number of hydrogen-bond acceptors (Lipinski definition) is 10. The molecule has 0 saturated carbocycles. The van der Waals surface area contributed by atoms with E-state index in [9.17, 15) is 23.8 Å². The monoisotopic (exact) mass is 858 g/mol. The van der Waals surface area contributed by atoms with Crippen LogP contribution in [-0.4, -0.2) is 55.0 Å². The summed E-state index contributed by atoms with van der Waals surface area (Å²) in [5.74, 6) is -2.55. The largest absolute Gasteiger partial charge is 1.00 e. The zero-order valence-corrected chi connectivity index (χ0v) is 39.7. The van der Waals surface area contributed by atoms with Crippen molar-refractivity contribution in [2.24, 2.45) is 5.73 Å². The molecular formula is C46H77NNaO10P. The van der Waals surface area contributed by atoms with Crippen LogP contribution in [0.3, 0.4) is 0 Å². The second-order valence-electron chi connectivity index (χ2n) is 14.4. The molecule has 59 heavy (non-hydrogen) atoms. The first-order valence-corrected chi connectivity index (χ1v) is 23.4. The summed E-state index contributed by atoms with van der Waals surface area (Å²) in [5, 5.41) is 8.87. The molecule has 0 aliphatic rings. The molecule has 1 unspecified atom stereocenters. The number of aliphatic carboxylic acids is 1. The third-order valence-corrected chi connectivity index (χ3v) is 9.90. The van der Waals surface area contributed by atoms with Gasteiger partial charge < -0.3 is 34.3 Å². The second-order valence-corrected chi connectivity index (χ2v) is 15.8. The van der Waals surface area contributed by atoms with Crippen LogP contribution in [0.1, 0.15) is 168 Å². The SMILES string of the molecule is CC/C=C/C/C=C/C/C=C/C/C=C/C/C=C/C/C=C/CCC(=O)O[C@H](COC(=O)CCCCCCCCCCCCCCCCC)COP(=O)([O-])OC[C@H](N)C(=O)O.[Na+]. The van der Waals surface area contributed by atoms with Crippen LogP contribution in [-0.2, 0) is 37.5 Å². The molecule has 0 spiro atoms. The molecule has 13 heteroatoms. The number of hydrogen-bond donors (Lipinski definition) is 2. The molecule has 0 rings (SSSR count). The van der Waals surface area contributed by atoms with E-state index in [1.807, 2.05) is 18.2 Å². The van der Waals surface area contributed by atoms with Gasteiger partial charge in [0.05, 0.1) is 13.2 Å². The number of carboxylic acids is 1. The predicted octanol–water partition coefficient (Wildman–Crippen LogP) is 8.10. The standard InChI is InChI=1S/C46H78NO10P.Na/c1-3-5-7-9-11-13-15-17-19-20-21-22-24-26-28-30-32-34-36-38-45(49)57-42(40-55-58(52,53)56-41-43(47)46(50)51)39-54-44(48)37-35-33-31-29-27-25-23-18-16-14-12-10-8-6-4-2;/h5,7,11,13,17,19,21-22,26,28,32,34,42-43H,3-4,6,8-10,12,14-16,18,20,23-25,27,29-31,33,35-41,47H2,1-2H3,(H,50,51)(H,52,53);/q;+1/p-1/b7-5+,13-11+,19-17+,22-21+,28-26+,34-32+;/t42-,43+;/m1./s1. The van der Waals surface area contributed by atoms with Crippen LogP contribution >= 0.6 is 7.82 Å². The van der Waals surface area contributed by atoms with Crippen molar-refractivity contribution in [2.45, 2.75) is 180 Å². The number of allylic oxidation sites excluding steroid dienone is 12. The number of carbonyl (C=O) groups excluding carboxylic acids is 2. The van der Waals surface area contributed by atoms with E-state index in [4.69, 9.17) is 24.8 Å². The Morgan fingerprint density at radius 2 is 0.983 bits per heavy atom. The molecule has 0 aromatic carbocycles. The summed E-state index contributed by atoms with van der Waals surface area (Å²) in [6.45, 7) is 2.46. The Labute approximate surface area is 379 Å². The Morgan fingerprint density at radius 1 is 0.576 bits per heavy atom. The van der Waals surface area contributed by atoms with Crippen molar-refractivity contribution in [1.82, 2.24) is 0 Å². The van der Waals surface area contributed by atoms with Gasteiger partial charge in [-0.15, -0.1) is 0 Å². The Bertz CT molecular complexity index is 1270. The molecular weight excluding hydrogens is 780 g/mol. The fourth-order valence-electron chi connectivity index (χ4n) is 5.56. The number of phosphoric ester groups is 1. The van der Waals surface area contributed by atoms with E-state index in [1.54, 1.807) is 0 Å². The van der Waals surface area contributed by atoms with Gasteiger partial charge in [0.1, 0.15) is 12.6 Å². The van der Waals surface area contributed by atoms with Crippen LogP contribution in [0.4, 0.5) is 0 Å². The fraction of sp³-hybridized carbons (Fsp3) is 0.674. The zero-order chi connectivity index (χ0) is 42.8. The van der Waals surface area contributed by atoms with E-state index >= 15 is 0 Å². The molecule has 0 heterocycles. The van der Waals surface area contributed by atoms with E-state index in [-0.39, 0.29) is 42.4 Å². The molecule has 0 radical (unpaired) electrons. The van der Waals surface area contributed by atoms with E-state index in [0.717, 1.165) is 51.4 Å². The minimum atomic E-state index is -4.99. The van der Waals surface area contributed by atoms with Gasteiger partial charge in [0.15, 0.2) is 6.10 Å². The summed E-state index contributed by atoms with van der Waals surface area (Å²) in [7, 11) is -4.99. The molecule has 0 aliphatic heterocycles. The van der Waals surface area contributed by atoms with Crippen molar-refractivity contribution in [3.63, 3.8) is 0 Å². The smallest absolute Gasteiger partial charge is 0.756 e. The molecule has 0 fully saturated rings. The number of nitrogens with two attached hydrogens (primary N) is 1. The summed E-state index contributed by atoms with van der Waals surface area (Å²) < 4.78 is 32.2. The van der Waals surface area contributed by atoms with Gasteiger partial charge in [0.2, 0.25) is 0 Å². The minimum absolute atomic E-state index is 0. The quantitative estimate of drug-likeness (QED) is 0.0200. The van der Waals surface area contributed by atoms with Crippen LogP contribution in [0.25, 0.3) is 0 Å². The van der Waals surface area contributed by atoms with Gasteiger partial charge in [-0.25, -0.2) is 0 Å². The van der Waals surface area contributed by atoms with E-state index in [2.05, 4.69) is 73.1 Å². The van der Waals surface area contributed by atoms with Crippen molar-refractivity contribution in [2.75, 3.05) is 19.8 Å². The third-order valence-electron chi connectivity index (χ3n) is 8.97. The zero-order valence-electron chi connectivity index (χ0n) is 36.8. The number of rotatable bonds is 40. The molecule has 0 aliphatic carbocycles. The maximum atomic E-state index is 12.6. The average molecular weight is 858 g/mol. The Balaban J connectivity index is 0. The van der Waals surface area contributed by atoms with Crippen molar-refractivity contribution in [3.05, 3.63) is 72.9 Å². The molecule has 0 bridgehead atoms. The summed E-state index contributed by atoms with van der Waals surface area (Å²) in [6.07, 6.45) is 48.2. The van der Waals surface area contributed by atoms with Gasteiger partial charge in [-0.1, -0.05) is 177 Å². The molecule has 3 atom stereocenters. The fourth-order valence-corrected chi connectivity index (χ4v) is 6.32. The summed E-state index contributed by atoms with van der Waals surface area (Å²) >= 11 is 0. The van der Waals surface area contributed by atoms with E-state index in [1.165, 1.54) is 70.6 Å². The molecule has 0 amide bonds. The summed E-state index contributed by atoms with van der Waals surface area (Å²) in [4.78, 5) is 48.1. The summed E-state index contributed by atoms with van der Waals surface area (Å²) in [6, 6.07) is -1.57. The van der Waals surface area contributed by atoms with Gasteiger partial charge >= 0.3 is 47.5 Å². The number of carboxylic acid groups (broad SMARTS) is 1. The average Bonchev–Trinajstić information content (AvgIpc) is 3.20. The second kappa shape index (κ2) is 44.0. The van der Waals surface area contributed by atoms with Crippen molar-refractivity contribution in [1.29, 1.82) is 0 Å². The maximum Gasteiger partial charge on any atom is 1.00 e. The van der Waals surface area contributed by atoms with Crippen LogP contribution < -0.4 is 40.2 Å². The predicted molar refractivity (Wildman–Crippen MR) is 233 cm³/mol. The van der Waals surface area contributed by atoms with Gasteiger partial charge in [-0.3, -0.25) is 18.9 Å². The van der Waals surface area contributed by atoms with Gasteiger partial charge in [0.25, 0.3) is 7.82 Å². The van der Waals surface area contributed by atoms with Crippen molar-refractivity contribution >= 4 is 25.7 Å². The van der Waals surface area contributed by atoms with Gasteiger partial charge in [-0.05, 0) is 51.4 Å². The van der Waals surface area contributed by atoms with Crippen LogP contribution in [0.2, 0.25) is 0 Å². The third kappa shape index (κ3) is 43.8. The molecule has 0 aromatic heterocycles. The van der Waals surface area contributed by atoms with Crippen LogP contribution in [0, 0.1) is 0 Å². The number of phosphoric acid groups is 1. The van der Waals surface area contributed by atoms with E-state index < -0.39 is 57.7 Å². The number of carbonyl (C=O) groups is 3. The molecule has 0 saturated heterocycles. The van der Waals surface area contributed by atoms with Crippen molar-refractivity contribution < 1.29 is 77.0 Å². The minimum Gasteiger partial charge on any atom is -0.756 e. The number of esters is 2. The number of ether oxygens (including phenoxy) is 2. The molecule has 332 valence electrons. The Kier molecular flexibility index (Phi) is 44.0. The normalized spacial score (nSPS) is 14.2. The molecule has 0 aromatic rings. The summed E-state index contributed by atoms with van der Waals surface area (Å²) in [5.41, 5.74) is 5.30. The van der Waals surface area contributed by atoms with Crippen molar-refractivity contribution in [3.8, 4) is 0 Å². The topological polar surface area (TPSA) is 175 Å². The van der Waals surface area contributed by atoms with Crippen LogP contribution in [0.5, 0.6) is 0 Å². The first-order chi connectivity index (χ1) is 28.1.